The van der Waals surface area contributed by atoms with Gasteiger partial charge in [0, 0.05) is 25.0 Å². The van der Waals surface area contributed by atoms with Gasteiger partial charge in [0.2, 0.25) is 0 Å². The van der Waals surface area contributed by atoms with Crippen LogP contribution in [0.5, 0.6) is 0 Å². The van der Waals surface area contributed by atoms with E-state index in [0.717, 1.165) is 24.4 Å². The molecule has 0 radical (unpaired) electrons. The first-order valence-corrected chi connectivity index (χ1v) is 6.65. The van der Waals surface area contributed by atoms with E-state index < -0.39 is 0 Å². The minimum atomic E-state index is 0.788. The average molecular weight is 218 g/mol. The molecule has 1 nitrogen and oxygen atoms in total. The molecule has 0 bridgehead atoms. The largest absolute Gasteiger partial charge is 0.299 e. The van der Waals surface area contributed by atoms with E-state index >= 15 is 0 Å². The van der Waals surface area contributed by atoms with Crippen LogP contribution < -0.4 is 0 Å². The van der Waals surface area contributed by atoms with Crippen molar-refractivity contribution < 1.29 is 0 Å². The van der Waals surface area contributed by atoms with Crippen LogP contribution in [0.25, 0.3) is 0 Å². The smallest absolute Gasteiger partial charge is 0.0351 e. The standard InChI is InChI=1S/C12H24ClN/c1-3-11(4-2)10-14(9-8-13)12-6-5-7-12/h11-12H,3-10H2,1-2H3. The SMILES string of the molecule is CCC(CC)CN(CCCl)C1CCC1. The molecule has 0 amide bonds. The minimum absolute atomic E-state index is 0.788. The second-order valence-electron chi connectivity index (χ2n) is 4.45. The summed E-state index contributed by atoms with van der Waals surface area (Å²) in [6.45, 7) is 6.95. The zero-order valence-corrected chi connectivity index (χ0v) is 10.4. The van der Waals surface area contributed by atoms with Gasteiger partial charge in [-0.05, 0) is 18.8 Å². The van der Waals surface area contributed by atoms with Gasteiger partial charge in [-0.15, -0.1) is 11.6 Å². The highest BCUT2D eigenvalue weighted by Gasteiger charge is 2.25. The van der Waals surface area contributed by atoms with E-state index in [-0.39, 0.29) is 0 Å². The maximum absolute atomic E-state index is 5.85. The van der Waals surface area contributed by atoms with Gasteiger partial charge in [0.25, 0.3) is 0 Å². The summed E-state index contributed by atoms with van der Waals surface area (Å²) in [6, 6.07) is 0.856. The van der Waals surface area contributed by atoms with Crippen LogP contribution in [0.3, 0.4) is 0 Å². The topological polar surface area (TPSA) is 3.24 Å². The Morgan fingerprint density at radius 2 is 1.93 bits per heavy atom. The first-order chi connectivity index (χ1) is 6.81. The molecule has 0 aromatic carbocycles. The first kappa shape index (κ1) is 12.3. The second-order valence-corrected chi connectivity index (χ2v) is 4.83. The molecule has 0 saturated heterocycles. The van der Waals surface area contributed by atoms with Gasteiger partial charge in [0.15, 0.2) is 0 Å². The minimum Gasteiger partial charge on any atom is -0.299 e. The number of halogens is 1. The van der Waals surface area contributed by atoms with E-state index in [2.05, 4.69) is 18.7 Å². The number of alkyl halides is 1. The highest BCUT2D eigenvalue weighted by atomic mass is 35.5. The predicted octanol–water partition coefficient (Wildman–Crippen LogP) is 3.52. The molecule has 0 heterocycles. The van der Waals surface area contributed by atoms with Crippen LogP contribution in [0.1, 0.15) is 46.0 Å². The molecule has 1 aliphatic rings. The lowest BCUT2D eigenvalue weighted by Gasteiger charge is -2.39. The third-order valence-electron chi connectivity index (χ3n) is 3.61. The highest BCUT2D eigenvalue weighted by Crippen LogP contribution is 2.26. The van der Waals surface area contributed by atoms with Gasteiger partial charge in [-0.25, -0.2) is 0 Å². The highest BCUT2D eigenvalue weighted by molar-refractivity contribution is 6.18. The van der Waals surface area contributed by atoms with Gasteiger partial charge >= 0.3 is 0 Å². The summed E-state index contributed by atoms with van der Waals surface area (Å²) in [5.41, 5.74) is 0. The molecule has 14 heavy (non-hydrogen) atoms. The maximum atomic E-state index is 5.85. The molecule has 0 aliphatic heterocycles. The maximum Gasteiger partial charge on any atom is 0.0351 e. The third-order valence-corrected chi connectivity index (χ3v) is 3.78. The molecule has 1 saturated carbocycles. The molecule has 0 atom stereocenters. The number of hydrogen-bond acceptors (Lipinski definition) is 1. The van der Waals surface area contributed by atoms with E-state index in [1.54, 1.807) is 0 Å². The number of hydrogen-bond donors (Lipinski definition) is 0. The lowest BCUT2D eigenvalue weighted by molar-refractivity contribution is 0.112. The summed E-state index contributed by atoms with van der Waals surface area (Å²) < 4.78 is 0. The Morgan fingerprint density at radius 3 is 2.29 bits per heavy atom. The van der Waals surface area contributed by atoms with Crippen molar-refractivity contribution in [3.8, 4) is 0 Å². The van der Waals surface area contributed by atoms with Crippen LogP contribution in [0, 0.1) is 5.92 Å². The molecular formula is C12H24ClN. The van der Waals surface area contributed by atoms with Crippen molar-refractivity contribution in [3.05, 3.63) is 0 Å². The Kier molecular flexibility index (Phi) is 5.88. The van der Waals surface area contributed by atoms with Crippen LogP contribution in [-0.4, -0.2) is 29.9 Å². The van der Waals surface area contributed by atoms with Gasteiger partial charge in [-0.1, -0.05) is 33.1 Å². The van der Waals surface area contributed by atoms with Crippen molar-refractivity contribution in [2.75, 3.05) is 19.0 Å². The molecule has 1 aliphatic carbocycles. The van der Waals surface area contributed by atoms with Crippen molar-refractivity contribution in [2.24, 2.45) is 5.92 Å². The predicted molar refractivity (Wildman–Crippen MR) is 64.0 cm³/mol. The fraction of sp³-hybridized carbons (Fsp3) is 1.00. The Balaban J connectivity index is 2.32. The van der Waals surface area contributed by atoms with Gasteiger partial charge in [0.1, 0.15) is 0 Å². The molecule has 84 valence electrons. The van der Waals surface area contributed by atoms with Crippen LogP contribution in [0.15, 0.2) is 0 Å². The summed E-state index contributed by atoms with van der Waals surface area (Å²) in [5, 5.41) is 0. The van der Waals surface area contributed by atoms with Gasteiger partial charge in [0.05, 0.1) is 0 Å². The Bertz CT molecular complexity index is 139. The molecule has 0 N–H and O–H groups in total. The lowest BCUT2D eigenvalue weighted by atomic mass is 9.90. The normalized spacial score (nSPS) is 17.8. The Morgan fingerprint density at radius 1 is 1.29 bits per heavy atom. The summed E-state index contributed by atoms with van der Waals surface area (Å²) in [7, 11) is 0. The van der Waals surface area contributed by atoms with Crippen molar-refractivity contribution >= 4 is 11.6 Å². The van der Waals surface area contributed by atoms with Crippen molar-refractivity contribution in [1.29, 1.82) is 0 Å². The molecule has 0 aromatic rings. The summed E-state index contributed by atoms with van der Waals surface area (Å²) in [4.78, 5) is 2.62. The van der Waals surface area contributed by atoms with E-state index in [0.29, 0.717) is 0 Å². The molecular weight excluding hydrogens is 194 g/mol. The van der Waals surface area contributed by atoms with Gasteiger partial charge in [-0.2, -0.15) is 0 Å². The first-order valence-electron chi connectivity index (χ1n) is 6.11. The fourth-order valence-electron chi connectivity index (χ4n) is 2.16. The summed E-state index contributed by atoms with van der Waals surface area (Å²) >= 11 is 5.85. The van der Waals surface area contributed by atoms with Crippen molar-refractivity contribution in [2.45, 2.75) is 52.0 Å². The van der Waals surface area contributed by atoms with E-state index in [1.165, 1.54) is 38.6 Å². The van der Waals surface area contributed by atoms with Gasteiger partial charge in [-0.3, -0.25) is 4.90 Å². The van der Waals surface area contributed by atoms with E-state index in [1.807, 2.05) is 0 Å². The molecule has 0 spiro atoms. The zero-order chi connectivity index (χ0) is 10.4. The zero-order valence-electron chi connectivity index (χ0n) is 9.64. The third kappa shape index (κ3) is 3.43. The quantitative estimate of drug-likeness (QED) is 0.590. The fourth-order valence-corrected chi connectivity index (χ4v) is 2.38. The molecule has 0 aromatic heterocycles. The van der Waals surface area contributed by atoms with Crippen LogP contribution in [0.2, 0.25) is 0 Å². The Labute approximate surface area is 93.8 Å². The average Bonchev–Trinajstić information content (AvgIpc) is 2.11. The summed E-state index contributed by atoms with van der Waals surface area (Å²) in [6.07, 6.45) is 6.84. The molecule has 0 unspecified atom stereocenters. The summed E-state index contributed by atoms with van der Waals surface area (Å²) in [5.74, 6) is 1.66. The second kappa shape index (κ2) is 6.68. The molecule has 1 fully saturated rings. The monoisotopic (exact) mass is 217 g/mol. The number of nitrogens with zero attached hydrogens (tertiary/aromatic N) is 1. The van der Waals surface area contributed by atoms with Crippen LogP contribution in [0.4, 0.5) is 0 Å². The number of rotatable bonds is 7. The van der Waals surface area contributed by atoms with E-state index in [4.69, 9.17) is 11.6 Å². The van der Waals surface area contributed by atoms with Crippen LogP contribution >= 0.6 is 11.6 Å². The van der Waals surface area contributed by atoms with E-state index in [9.17, 15) is 0 Å². The Hall–Kier alpha value is 0.250. The lowest BCUT2D eigenvalue weighted by Crippen LogP contribution is -2.43. The molecule has 1 rings (SSSR count). The van der Waals surface area contributed by atoms with Gasteiger partial charge < -0.3 is 0 Å². The molecule has 2 heteroatoms. The van der Waals surface area contributed by atoms with Crippen LogP contribution in [-0.2, 0) is 0 Å². The van der Waals surface area contributed by atoms with Crippen molar-refractivity contribution in [3.63, 3.8) is 0 Å². The van der Waals surface area contributed by atoms with Crippen molar-refractivity contribution in [1.82, 2.24) is 4.90 Å².